The van der Waals surface area contributed by atoms with Crippen molar-refractivity contribution in [3.8, 4) is 5.75 Å². The molecule has 0 aromatic heterocycles. The van der Waals surface area contributed by atoms with Gasteiger partial charge >= 0.3 is 11.8 Å². The van der Waals surface area contributed by atoms with Crippen molar-refractivity contribution in [3.05, 3.63) is 88.4 Å². The first-order valence-corrected chi connectivity index (χ1v) is 10.2. The molecule has 0 atom stereocenters. The molecule has 0 spiro atoms. The Morgan fingerprint density at radius 3 is 2.25 bits per heavy atom. The number of ether oxygens (including phenoxy) is 1. The third-order valence-corrected chi connectivity index (χ3v) is 4.75. The van der Waals surface area contributed by atoms with E-state index >= 15 is 0 Å². The van der Waals surface area contributed by atoms with E-state index in [4.69, 9.17) is 4.74 Å². The van der Waals surface area contributed by atoms with Gasteiger partial charge in [0.25, 0.3) is 5.91 Å². The minimum absolute atomic E-state index is 0.196. The molecule has 0 aliphatic rings. The number of methoxy groups -OCH3 is 1. The zero-order valence-electron chi connectivity index (χ0n) is 17.0. The van der Waals surface area contributed by atoms with Gasteiger partial charge in [-0.3, -0.25) is 14.4 Å². The van der Waals surface area contributed by atoms with Gasteiger partial charge in [-0.15, -0.1) is 0 Å². The molecule has 8 nitrogen and oxygen atoms in total. The summed E-state index contributed by atoms with van der Waals surface area (Å²) < 4.78 is 5.95. The molecule has 0 saturated carbocycles. The SMILES string of the molecule is COc1ccc(/C=N/NC(=O)C(=O)Nc2ccccc2C(=O)Nc2ccc(Br)cc2)cc1. The van der Waals surface area contributed by atoms with Crippen LogP contribution >= 0.6 is 15.9 Å². The lowest BCUT2D eigenvalue weighted by atomic mass is 10.1. The average Bonchev–Trinajstić information content (AvgIpc) is 2.81. The number of hydrogen-bond acceptors (Lipinski definition) is 5. The van der Waals surface area contributed by atoms with Gasteiger partial charge in [-0.1, -0.05) is 28.1 Å². The standard InChI is InChI=1S/C23H19BrN4O4/c1-32-18-12-6-15(7-13-18)14-25-28-23(31)22(30)27-20-5-3-2-4-19(20)21(29)26-17-10-8-16(24)9-11-17/h2-14H,1H3,(H,26,29)(H,27,30)(H,28,31)/b25-14+. The highest BCUT2D eigenvalue weighted by Gasteiger charge is 2.17. The van der Waals surface area contributed by atoms with Crippen molar-refractivity contribution < 1.29 is 19.1 Å². The number of nitrogens with one attached hydrogen (secondary N) is 3. The summed E-state index contributed by atoms with van der Waals surface area (Å²) in [5.74, 6) is -1.67. The minimum Gasteiger partial charge on any atom is -0.497 e. The van der Waals surface area contributed by atoms with Crippen LogP contribution in [0.15, 0.2) is 82.4 Å². The fourth-order valence-electron chi connectivity index (χ4n) is 2.61. The van der Waals surface area contributed by atoms with Crippen LogP contribution in [-0.2, 0) is 9.59 Å². The molecular formula is C23H19BrN4O4. The quantitative estimate of drug-likeness (QED) is 0.275. The maximum absolute atomic E-state index is 12.6. The third-order valence-electron chi connectivity index (χ3n) is 4.22. The molecule has 162 valence electrons. The Labute approximate surface area is 192 Å². The van der Waals surface area contributed by atoms with Crippen LogP contribution < -0.4 is 20.8 Å². The van der Waals surface area contributed by atoms with E-state index in [1.54, 1.807) is 73.8 Å². The number of hydrazone groups is 1. The molecule has 0 aliphatic heterocycles. The topological polar surface area (TPSA) is 109 Å². The van der Waals surface area contributed by atoms with Crippen molar-refractivity contribution in [2.24, 2.45) is 5.10 Å². The molecule has 9 heteroatoms. The predicted octanol–water partition coefficient (Wildman–Crippen LogP) is 3.80. The maximum Gasteiger partial charge on any atom is 0.329 e. The zero-order valence-corrected chi connectivity index (χ0v) is 18.5. The van der Waals surface area contributed by atoms with Crippen LogP contribution in [0.3, 0.4) is 0 Å². The third kappa shape index (κ3) is 6.26. The molecule has 0 saturated heterocycles. The van der Waals surface area contributed by atoms with E-state index in [1.807, 2.05) is 0 Å². The van der Waals surface area contributed by atoms with Gasteiger partial charge in [-0.2, -0.15) is 5.10 Å². The number of nitrogens with zero attached hydrogens (tertiary/aromatic N) is 1. The summed E-state index contributed by atoms with van der Waals surface area (Å²) in [6, 6.07) is 20.4. The zero-order chi connectivity index (χ0) is 22.9. The summed E-state index contributed by atoms with van der Waals surface area (Å²) in [5.41, 5.74) is 3.86. The summed E-state index contributed by atoms with van der Waals surface area (Å²) in [7, 11) is 1.56. The largest absolute Gasteiger partial charge is 0.497 e. The van der Waals surface area contributed by atoms with E-state index in [9.17, 15) is 14.4 Å². The number of halogens is 1. The number of carbonyl (C=O) groups excluding carboxylic acids is 3. The Bertz CT molecular complexity index is 1150. The average molecular weight is 495 g/mol. The number of para-hydroxylation sites is 1. The molecule has 3 N–H and O–H groups in total. The van der Waals surface area contributed by atoms with Gasteiger partial charge in [0, 0.05) is 10.2 Å². The van der Waals surface area contributed by atoms with Gasteiger partial charge in [0.2, 0.25) is 0 Å². The fraction of sp³-hybridized carbons (Fsp3) is 0.0435. The number of carbonyl (C=O) groups is 3. The van der Waals surface area contributed by atoms with Crippen molar-refractivity contribution >= 4 is 51.2 Å². The van der Waals surface area contributed by atoms with E-state index in [0.29, 0.717) is 17.0 Å². The van der Waals surface area contributed by atoms with Crippen molar-refractivity contribution in [2.45, 2.75) is 0 Å². The molecule has 32 heavy (non-hydrogen) atoms. The lowest BCUT2D eigenvalue weighted by Gasteiger charge is -2.11. The number of rotatable bonds is 6. The van der Waals surface area contributed by atoms with E-state index < -0.39 is 17.7 Å². The van der Waals surface area contributed by atoms with E-state index in [-0.39, 0.29) is 11.3 Å². The molecule has 3 aromatic rings. The molecule has 3 rings (SSSR count). The van der Waals surface area contributed by atoms with E-state index in [0.717, 1.165) is 4.47 Å². The molecule has 0 unspecified atom stereocenters. The van der Waals surface area contributed by atoms with E-state index in [1.165, 1.54) is 12.3 Å². The monoisotopic (exact) mass is 494 g/mol. The fourth-order valence-corrected chi connectivity index (χ4v) is 2.87. The summed E-state index contributed by atoms with van der Waals surface area (Å²) in [6.07, 6.45) is 1.39. The van der Waals surface area contributed by atoms with Crippen LogP contribution in [0.1, 0.15) is 15.9 Å². The van der Waals surface area contributed by atoms with Gasteiger partial charge in [0.05, 0.1) is 24.6 Å². The van der Waals surface area contributed by atoms with Crippen molar-refractivity contribution in [1.29, 1.82) is 0 Å². The second-order valence-electron chi connectivity index (χ2n) is 6.43. The number of anilines is 2. The van der Waals surface area contributed by atoms with Gasteiger partial charge in [0.15, 0.2) is 0 Å². The molecule has 0 fully saturated rings. The highest BCUT2D eigenvalue weighted by atomic mass is 79.9. The second kappa shape index (κ2) is 10.9. The highest BCUT2D eigenvalue weighted by Crippen LogP contribution is 2.19. The molecule has 0 aliphatic carbocycles. The van der Waals surface area contributed by atoms with Crippen molar-refractivity contribution in [1.82, 2.24) is 5.43 Å². The van der Waals surface area contributed by atoms with Crippen LogP contribution in [0.5, 0.6) is 5.75 Å². The number of amides is 3. The first-order chi connectivity index (χ1) is 15.5. The Balaban J connectivity index is 1.61. The van der Waals surface area contributed by atoms with Gasteiger partial charge < -0.3 is 15.4 Å². The summed E-state index contributed by atoms with van der Waals surface area (Å²) in [6.45, 7) is 0. The molecule has 0 radical (unpaired) electrons. The molecule has 3 aromatic carbocycles. The normalized spacial score (nSPS) is 10.4. The van der Waals surface area contributed by atoms with Crippen LogP contribution in [0.4, 0.5) is 11.4 Å². The van der Waals surface area contributed by atoms with Crippen LogP contribution in [-0.4, -0.2) is 31.0 Å². The van der Waals surface area contributed by atoms with Crippen LogP contribution in [0.2, 0.25) is 0 Å². The molecule has 0 heterocycles. The van der Waals surface area contributed by atoms with Crippen molar-refractivity contribution in [3.63, 3.8) is 0 Å². The lowest BCUT2D eigenvalue weighted by molar-refractivity contribution is -0.136. The first kappa shape index (κ1) is 22.7. The Morgan fingerprint density at radius 1 is 0.875 bits per heavy atom. The van der Waals surface area contributed by atoms with Crippen LogP contribution in [0, 0.1) is 0 Å². The number of benzene rings is 3. The highest BCUT2D eigenvalue weighted by molar-refractivity contribution is 9.10. The smallest absolute Gasteiger partial charge is 0.329 e. The number of hydrogen-bond donors (Lipinski definition) is 3. The Morgan fingerprint density at radius 2 is 1.56 bits per heavy atom. The maximum atomic E-state index is 12.6. The van der Waals surface area contributed by atoms with Gasteiger partial charge in [-0.05, 0) is 66.2 Å². The molecular weight excluding hydrogens is 476 g/mol. The van der Waals surface area contributed by atoms with E-state index in [2.05, 4.69) is 37.1 Å². The lowest BCUT2D eigenvalue weighted by Crippen LogP contribution is -2.33. The summed E-state index contributed by atoms with van der Waals surface area (Å²) in [5, 5.41) is 8.96. The predicted molar refractivity (Wildman–Crippen MR) is 126 cm³/mol. The first-order valence-electron chi connectivity index (χ1n) is 9.40. The van der Waals surface area contributed by atoms with Crippen molar-refractivity contribution in [2.75, 3.05) is 17.7 Å². The van der Waals surface area contributed by atoms with Gasteiger partial charge in [0.1, 0.15) is 5.75 Å². The minimum atomic E-state index is -0.974. The van der Waals surface area contributed by atoms with Crippen LogP contribution in [0.25, 0.3) is 0 Å². The van der Waals surface area contributed by atoms with Gasteiger partial charge in [-0.25, -0.2) is 5.43 Å². The summed E-state index contributed by atoms with van der Waals surface area (Å²) >= 11 is 3.33. The second-order valence-corrected chi connectivity index (χ2v) is 7.35. The summed E-state index contributed by atoms with van der Waals surface area (Å²) in [4.78, 5) is 37.0. The Hall–Kier alpha value is -3.98. The Kier molecular flexibility index (Phi) is 7.71. The molecule has 3 amide bonds. The molecule has 0 bridgehead atoms.